The van der Waals surface area contributed by atoms with Crippen molar-refractivity contribution in [1.82, 2.24) is 10.6 Å². The van der Waals surface area contributed by atoms with Gasteiger partial charge >= 0.3 is 6.03 Å². The van der Waals surface area contributed by atoms with Crippen LogP contribution in [0.2, 0.25) is 0 Å². The first-order valence-corrected chi connectivity index (χ1v) is 11.7. The number of aliphatic hydroxyl groups excluding tert-OH is 2. The molecule has 1 aromatic carbocycles. The van der Waals surface area contributed by atoms with Crippen molar-refractivity contribution in [3.8, 4) is 5.75 Å². The maximum absolute atomic E-state index is 15.2. The summed E-state index contributed by atoms with van der Waals surface area (Å²) in [7, 11) is 0. The van der Waals surface area contributed by atoms with E-state index in [9.17, 15) is 34.8 Å². The van der Waals surface area contributed by atoms with Crippen LogP contribution in [0, 0.1) is 23.1 Å². The van der Waals surface area contributed by atoms with Crippen LogP contribution in [0.3, 0.4) is 0 Å². The van der Waals surface area contributed by atoms with Gasteiger partial charge in [0.1, 0.15) is 28.7 Å². The number of phenols is 1. The molecule has 0 spiro atoms. The van der Waals surface area contributed by atoms with Gasteiger partial charge in [-0.25, -0.2) is 9.18 Å². The molecule has 198 valence electrons. The van der Waals surface area contributed by atoms with Crippen molar-refractivity contribution in [2.45, 2.75) is 44.4 Å². The Morgan fingerprint density at radius 3 is 2.57 bits per heavy atom. The molecule has 3 aliphatic rings. The molecule has 0 unspecified atom stereocenters. The van der Waals surface area contributed by atoms with Crippen LogP contribution in [0.15, 0.2) is 23.0 Å². The van der Waals surface area contributed by atoms with Crippen LogP contribution >= 0.6 is 0 Å². The van der Waals surface area contributed by atoms with Gasteiger partial charge in [-0.1, -0.05) is 6.92 Å². The van der Waals surface area contributed by atoms with Gasteiger partial charge in [-0.15, -0.1) is 0 Å². The van der Waals surface area contributed by atoms with E-state index in [4.69, 9.17) is 16.9 Å². The molecule has 4 rings (SSSR count). The Hall–Kier alpha value is -3.97. The molecule has 0 radical (unpaired) electrons. The fourth-order valence-electron chi connectivity index (χ4n) is 5.45. The predicted octanol–water partition coefficient (Wildman–Crippen LogP) is 0.160. The fourth-order valence-corrected chi connectivity index (χ4v) is 5.45. The molecule has 0 bridgehead atoms. The third-order valence-corrected chi connectivity index (χ3v) is 7.31. The number of fused-ring (bicyclic) bond motifs is 3. The standard InChI is InChI=1S/C24H28FN5O7/c1-2-3-29-23(36)30-7-9-6-12(25)10-4-8-5-11-16(26)19(33)15(22(28)35)20(27)24(11,37)21(34)13(8)18(32)14(10)17(9)31/h6,8,11,16,27,31-33,37H,2-5,7,26H2,1H3,(H2,28,35)(H2,29,30,36)/t8-,11-,16-,24+/m0/s1. The number of aliphatic hydroxyl groups is 3. The second kappa shape index (κ2) is 9.16. The first-order valence-electron chi connectivity index (χ1n) is 11.7. The van der Waals surface area contributed by atoms with Crippen LogP contribution in [0.25, 0.3) is 5.76 Å². The summed E-state index contributed by atoms with van der Waals surface area (Å²) in [6, 6.07) is -0.962. The van der Waals surface area contributed by atoms with E-state index >= 15 is 4.39 Å². The number of amides is 3. The quantitative estimate of drug-likeness (QED) is 0.260. The number of primary amides is 1. The molecule has 0 aliphatic heterocycles. The lowest BCUT2D eigenvalue weighted by Gasteiger charge is -2.49. The highest BCUT2D eigenvalue weighted by molar-refractivity contribution is 6.33. The minimum atomic E-state index is -2.70. The normalized spacial score (nSPS) is 26.9. The zero-order valence-corrected chi connectivity index (χ0v) is 19.9. The largest absolute Gasteiger partial charge is 0.510 e. The highest BCUT2D eigenvalue weighted by Gasteiger charge is 2.62. The average Bonchev–Trinajstić information content (AvgIpc) is 2.84. The van der Waals surface area contributed by atoms with E-state index in [-0.39, 0.29) is 41.6 Å². The zero-order chi connectivity index (χ0) is 27.4. The number of aromatic hydroxyl groups is 1. The van der Waals surface area contributed by atoms with Crippen LogP contribution in [0.4, 0.5) is 9.18 Å². The van der Waals surface area contributed by atoms with E-state index < -0.39 is 75.6 Å². The summed E-state index contributed by atoms with van der Waals surface area (Å²) < 4.78 is 15.2. The molecule has 0 aromatic heterocycles. The number of rotatable bonds is 5. The Morgan fingerprint density at radius 1 is 1.27 bits per heavy atom. The summed E-state index contributed by atoms with van der Waals surface area (Å²) in [5.41, 5.74) is 5.94. The maximum Gasteiger partial charge on any atom is 0.315 e. The lowest BCUT2D eigenvalue weighted by molar-refractivity contribution is -0.136. The molecule has 1 aromatic rings. The number of carbonyl (C=O) groups is 3. The summed E-state index contributed by atoms with van der Waals surface area (Å²) >= 11 is 0. The Labute approximate surface area is 210 Å². The van der Waals surface area contributed by atoms with Gasteiger partial charge in [-0.3, -0.25) is 9.59 Å². The van der Waals surface area contributed by atoms with Crippen LogP contribution in [0.1, 0.15) is 36.5 Å². The zero-order valence-electron chi connectivity index (χ0n) is 19.9. The van der Waals surface area contributed by atoms with Crippen molar-refractivity contribution in [3.63, 3.8) is 0 Å². The van der Waals surface area contributed by atoms with Crippen LogP contribution in [0.5, 0.6) is 5.75 Å². The predicted molar refractivity (Wildman–Crippen MR) is 128 cm³/mol. The summed E-state index contributed by atoms with van der Waals surface area (Å²) in [5.74, 6) is -7.46. The van der Waals surface area contributed by atoms with Crippen molar-refractivity contribution in [2.75, 3.05) is 6.54 Å². The molecule has 1 saturated carbocycles. The highest BCUT2D eigenvalue weighted by atomic mass is 19.1. The smallest absolute Gasteiger partial charge is 0.315 e. The van der Waals surface area contributed by atoms with Gasteiger partial charge in [0.25, 0.3) is 5.91 Å². The molecule has 3 amide bonds. The molecule has 3 aliphatic carbocycles. The molecule has 37 heavy (non-hydrogen) atoms. The van der Waals surface area contributed by atoms with Crippen LogP contribution in [-0.4, -0.2) is 62.0 Å². The number of hydrogen-bond donors (Lipinski definition) is 9. The highest BCUT2D eigenvalue weighted by Crippen LogP contribution is 2.51. The topological polar surface area (TPSA) is 232 Å². The summed E-state index contributed by atoms with van der Waals surface area (Å²) in [6.45, 7) is 1.97. The number of nitrogens with two attached hydrogens (primary N) is 2. The average molecular weight is 518 g/mol. The molecule has 11 N–H and O–H groups in total. The minimum Gasteiger partial charge on any atom is -0.510 e. The molecule has 0 saturated heterocycles. The van der Waals surface area contributed by atoms with Crippen molar-refractivity contribution in [1.29, 1.82) is 5.41 Å². The number of nitrogens with one attached hydrogen (secondary N) is 3. The molecule has 1 fully saturated rings. The van der Waals surface area contributed by atoms with Gasteiger partial charge in [-0.05, 0) is 31.2 Å². The number of urea groups is 1. The number of hydrogen-bond acceptors (Lipinski definition) is 9. The van der Waals surface area contributed by atoms with Crippen molar-refractivity contribution >= 4 is 29.2 Å². The van der Waals surface area contributed by atoms with E-state index in [1.807, 2.05) is 6.92 Å². The first kappa shape index (κ1) is 26.1. The molecule has 13 heteroatoms. The van der Waals surface area contributed by atoms with E-state index in [1.165, 1.54) is 0 Å². The lowest BCUT2D eigenvalue weighted by atomic mass is 9.57. The minimum absolute atomic E-state index is 0.0651. The Bertz CT molecular complexity index is 1310. The van der Waals surface area contributed by atoms with E-state index in [0.29, 0.717) is 13.0 Å². The van der Waals surface area contributed by atoms with Gasteiger partial charge in [0, 0.05) is 35.7 Å². The van der Waals surface area contributed by atoms with Gasteiger partial charge in [0.05, 0.1) is 17.3 Å². The third-order valence-electron chi connectivity index (χ3n) is 7.31. The lowest BCUT2D eigenvalue weighted by Crippen LogP contribution is -2.66. The first-order chi connectivity index (χ1) is 17.4. The molecular formula is C24H28FN5O7. The fraction of sp³-hybridized carbons (Fsp3) is 0.417. The number of carbonyl (C=O) groups excluding carboxylic acids is 3. The second-order valence-electron chi connectivity index (χ2n) is 9.46. The molecule has 0 heterocycles. The number of Topliss-reactive ketones (excluding diaryl/α,β-unsaturated/α-hetero) is 1. The Balaban J connectivity index is 1.78. The van der Waals surface area contributed by atoms with Gasteiger partial charge in [0.15, 0.2) is 5.60 Å². The summed E-state index contributed by atoms with van der Waals surface area (Å²) in [5, 5.41) is 57.1. The van der Waals surface area contributed by atoms with Gasteiger partial charge in [0.2, 0.25) is 5.78 Å². The summed E-state index contributed by atoms with van der Waals surface area (Å²) in [4.78, 5) is 37.3. The Kier molecular flexibility index (Phi) is 6.46. The van der Waals surface area contributed by atoms with Gasteiger partial charge < -0.3 is 47.9 Å². The van der Waals surface area contributed by atoms with Crippen LogP contribution < -0.4 is 22.1 Å². The number of ketones is 1. The number of benzene rings is 1. The monoisotopic (exact) mass is 517 g/mol. The van der Waals surface area contributed by atoms with Crippen molar-refractivity contribution < 1.29 is 39.2 Å². The van der Waals surface area contributed by atoms with E-state index in [1.54, 1.807) is 0 Å². The number of halogens is 1. The van der Waals surface area contributed by atoms with Crippen molar-refractivity contribution in [3.05, 3.63) is 45.5 Å². The Morgan fingerprint density at radius 2 is 1.95 bits per heavy atom. The molecular weight excluding hydrogens is 489 g/mol. The SMILES string of the molecule is CCCNC(=O)NCc1cc(F)c2c(c1O)C(O)=C1C(=O)[C@]3(O)C(=N)C(C(N)=O)=C(O)[C@@H](N)[C@@H]3C[C@@H]1C2. The van der Waals surface area contributed by atoms with Crippen LogP contribution in [-0.2, 0) is 22.6 Å². The molecule has 12 nitrogen and oxygen atoms in total. The van der Waals surface area contributed by atoms with Crippen molar-refractivity contribution in [2.24, 2.45) is 23.3 Å². The van der Waals surface area contributed by atoms with E-state index in [2.05, 4.69) is 10.6 Å². The maximum atomic E-state index is 15.2. The third kappa shape index (κ3) is 3.81. The number of phenolic OH excluding ortho intramolecular Hbond substituents is 1. The second-order valence-corrected chi connectivity index (χ2v) is 9.46. The summed E-state index contributed by atoms with van der Waals surface area (Å²) in [6.07, 6.45) is 0.376. The van der Waals surface area contributed by atoms with Gasteiger partial charge in [-0.2, -0.15) is 0 Å². The molecule has 4 atom stereocenters. The van der Waals surface area contributed by atoms with E-state index in [0.717, 1.165) is 6.07 Å².